The number of aromatic hydroxyl groups is 1. The minimum absolute atomic E-state index is 0.00214. The van der Waals surface area contributed by atoms with Crippen molar-refractivity contribution >= 4 is 17.6 Å². The molecular weight excluding hydrogens is 295 g/mol. The molecule has 2 aromatic carbocycles. The summed E-state index contributed by atoms with van der Waals surface area (Å²) in [5.74, 6) is -1.41. The largest absolute Gasteiger partial charge is 0.507 e. The van der Waals surface area contributed by atoms with Gasteiger partial charge in [0.05, 0.1) is 5.02 Å². The van der Waals surface area contributed by atoms with Crippen LogP contribution >= 0.6 is 11.6 Å². The first-order valence-corrected chi connectivity index (χ1v) is 6.76. The second-order valence-electron chi connectivity index (χ2n) is 4.79. The lowest BCUT2D eigenvalue weighted by molar-refractivity contribution is -0.136. The zero-order chi connectivity index (χ0) is 15.6. The molecule has 0 aliphatic rings. The van der Waals surface area contributed by atoms with E-state index in [2.05, 4.69) is 0 Å². The number of carboxylic acids is 1. The molecule has 0 aliphatic heterocycles. The molecule has 0 spiro atoms. The number of benzene rings is 2. The van der Waals surface area contributed by atoms with Gasteiger partial charge in [-0.1, -0.05) is 17.7 Å². The number of hydrogen-bond donors (Lipinski definition) is 2. The van der Waals surface area contributed by atoms with Gasteiger partial charge in [0.1, 0.15) is 11.6 Å². The van der Waals surface area contributed by atoms with E-state index in [4.69, 9.17) is 16.7 Å². The van der Waals surface area contributed by atoms with Crippen molar-refractivity contribution in [2.45, 2.75) is 19.8 Å². The molecule has 2 aromatic rings. The van der Waals surface area contributed by atoms with Crippen LogP contribution in [0.2, 0.25) is 5.02 Å². The van der Waals surface area contributed by atoms with Crippen LogP contribution < -0.4 is 0 Å². The van der Waals surface area contributed by atoms with Crippen LogP contribution in [-0.2, 0) is 11.2 Å². The first-order valence-electron chi connectivity index (χ1n) is 6.39. The molecule has 0 atom stereocenters. The Bertz CT molecular complexity index is 678. The molecule has 0 bridgehead atoms. The van der Waals surface area contributed by atoms with Gasteiger partial charge in [-0.2, -0.15) is 0 Å². The molecule has 0 saturated heterocycles. The van der Waals surface area contributed by atoms with Crippen LogP contribution in [0.4, 0.5) is 4.39 Å². The van der Waals surface area contributed by atoms with Crippen molar-refractivity contribution in [2.75, 3.05) is 0 Å². The second-order valence-corrected chi connectivity index (χ2v) is 5.20. The van der Waals surface area contributed by atoms with Gasteiger partial charge >= 0.3 is 5.97 Å². The summed E-state index contributed by atoms with van der Waals surface area (Å²) >= 11 is 6.09. The Morgan fingerprint density at radius 1 is 1.33 bits per heavy atom. The molecule has 0 amide bonds. The maximum Gasteiger partial charge on any atom is 0.303 e. The Kier molecular flexibility index (Phi) is 4.48. The molecule has 0 radical (unpaired) electrons. The average molecular weight is 309 g/mol. The number of carbonyl (C=O) groups is 1. The highest BCUT2D eigenvalue weighted by Crippen LogP contribution is 2.37. The second kappa shape index (κ2) is 6.14. The average Bonchev–Trinajstić information content (AvgIpc) is 2.40. The van der Waals surface area contributed by atoms with Crippen LogP contribution in [0.1, 0.15) is 17.5 Å². The highest BCUT2D eigenvalue weighted by Gasteiger charge is 2.14. The fourth-order valence-corrected chi connectivity index (χ4v) is 2.49. The predicted octanol–water partition coefficient (Wildman–Crippen LogP) is 4.18. The first kappa shape index (κ1) is 15.3. The Morgan fingerprint density at radius 2 is 2.05 bits per heavy atom. The highest BCUT2D eigenvalue weighted by molar-refractivity contribution is 6.33. The van der Waals surface area contributed by atoms with E-state index in [0.29, 0.717) is 27.3 Å². The number of hydrogen-bond acceptors (Lipinski definition) is 2. The molecule has 0 aromatic heterocycles. The summed E-state index contributed by atoms with van der Waals surface area (Å²) in [7, 11) is 0. The molecule has 110 valence electrons. The maximum atomic E-state index is 14.1. The van der Waals surface area contributed by atoms with Gasteiger partial charge in [0.15, 0.2) is 0 Å². The molecule has 5 heteroatoms. The van der Waals surface area contributed by atoms with Gasteiger partial charge in [-0.05, 0) is 54.3 Å². The number of rotatable bonds is 4. The minimum Gasteiger partial charge on any atom is -0.507 e. The third kappa shape index (κ3) is 3.34. The summed E-state index contributed by atoms with van der Waals surface area (Å²) in [4.78, 5) is 10.6. The van der Waals surface area contributed by atoms with Crippen molar-refractivity contribution in [1.29, 1.82) is 0 Å². The Morgan fingerprint density at radius 3 is 2.67 bits per heavy atom. The van der Waals surface area contributed by atoms with Crippen molar-refractivity contribution in [3.8, 4) is 16.9 Å². The maximum absolute atomic E-state index is 14.1. The molecule has 3 nitrogen and oxygen atoms in total. The Hall–Kier alpha value is -2.07. The van der Waals surface area contributed by atoms with E-state index in [9.17, 15) is 14.3 Å². The van der Waals surface area contributed by atoms with Gasteiger partial charge in [0, 0.05) is 12.0 Å². The molecule has 2 N–H and O–H groups in total. The number of phenolic OH excluding ortho intramolecular Hbond substituents is 1. The van der Waals surface area contributed by atoms with Crippen LogP contribution in [0, 0.1) is 12.7 Å². The molecule has 21 heavy (non-hydrogen) atoms. The molecule has 0 unspecified atom stereocenters. The third-order valence-electron chi connectivity index (χ3n) is 3.22. The van der Waals surface area contributed by atoms with Crippen LogP contribution in [0.25, 0.3) is 11.1 Å². The summed E-state index contributed by atoms with van der Waals surface area (Å²) in [6.45, 7) is 1.59. The smallest absolute Gasteiger partial charge is 0.303 e. The monoisotopic (exact) mass is 308 g/mol. The van der Waals surface area contributed by atoms with Crippen LogP contribution in [-0.4, -0.2) is 16.2 Å². The van der Waals surface area contributed by atoms with Gasteiger partial charge < -0.3 is 10.2 Å². The van der Waals surface area contributed by atoms with Crippen LogP contribution in [0.5, 0.6) is 5.75 Å². The summed E-state index contributed by atoms with van der Waals surface area (Å²) in [5, 5.41) is 19.0. The van der Waals surface area contributed by atoms with E-state index < -0.39 is 11.8 Å². The normalized spacial score (nSPS) is 10.6. The van der Waals surface area contributed by atoms with Gasteiger partial charge in [-0.3, -0.25) is 4.79 Å². The summed E-state index contributed by atoms with van der Waals surface area (Å²) in [6.07, 6.45) is -0.0740. The standard InChI is InChI=1S/C16H14ClFO3/c1-9-7-11(15-12(17)3-2-4-13(15)19)8-10(16(9)18)5-6-14(20)21/h2-4,7-8,19H,5-6H2,1H3,(H,20,21). The highest BCUT2D eigenvalue weighted by atomic mass is 35.5. The summed E-state index contributed by atoms with van der Waals surface area (Å²) in [5.41, 5.74) is 1.66. The zero-order valence-electron chi connectivity index (χ0n) is 11.4. The van der Waals surface area contributed by atoms with Crippen molar-refractivity contribution in [3.05, 3.63) is 52.3 Å². The van der Waals surface area contributed by atoms with Gasteiger partial charge in [-0.15, -0.1) is 0 Å². The molecule has 0 heterocycles. The lowest BCUT2D eigenvalue weighted by Crippen LogP contribution is -2.01. The SMILES string of the molecule is Cc1cc(-c2c(O)cccc2Cl)cc(CCC(=O)O)c1F. The fourth-order valence-electron chi connectivity index (χ4n) is 2.21. The third-order valence-corrected chi connectivity index (χ3v) is 3.53. The van der Waals surface area contributed by atoms with E-state index >= 15 is 0 Å². The molecule has 0 saturated carbocycles. The molecular formula is C16H14ClFO3. The van der Waals surface area contributed by atoms with Crippen LogP contribution in [0.15, 0.2) is 30.3 Å². The van der Waals surface area contributed by atoms with Crippen molar-refractivity contribution in [2.24, 2.45) is 0 Å². The van der Waals surface area contributed by atoms with Crippen molar-refractivity contribution in [3.63, 3.8) is 0 Å². The van der Waals surface area contributed by atoms with Crippen LogP contribution in [0.3, 0.4) is 0 Å². The molecule has 2 rings (SSSR count). The number of halogens is 2. The fraction of sp³-hybridized carbons (Fsp3) is 0.188. The number of phenols is 1. The van der Waals surface area contributed by atoms with E-state index in [1.807, 2.05) is 0 Å². The van der Waals surface area contributed by atoms with Gasteiger partial charge in [-0.25, -0.2) is 4.39 Å². The number of carboxylic acid groups (broad SMARTS) is 1. The van der Waals surface area contributed by atoms with Crippen molar-refractivity contribution < 1.29 is 19.4 Å². The van der Waals surface area contributed by atoms with E-state index in [0.717, 1.165) is 0 Å². The Balaban J connectivity index is 2.53. The van der Waals surface area contributed by atoms with E-state index in [1.54, 1.807) is 25.1 Å². The minimum atomic E-state index is -0.988. The van der Waals surface area contributed by atoms with E-state index in [-0.39, 0.29) is 18.6 Å². The molecule has 0 aliphatic carbocycles. The summed E-state index contributed by atoms with van der Waals surface area (Å²) in [6, 6.07) is 7.86. The van der Waals surface area contributed by atoms with Crippen molar-refractivity contribution in [1.82, 2.24) is 0 Å². The number of aryl methyl sites for hydroxylation is 2. The van der Waals surface area contributed by atoms with Gasteiger partial charge in [0.2, 0.25) is 0 Å². The lowest BCUT2D eigenvalue weighted by Gasteiger charge is -2.12. The number of aliphatic carboxylic acids is 1. The molecule has 0 fully saturated rings. The topological polar surface area (TPSA) is 57.5 Å². The first-order chi connectivity index (χ1) is 9.90. The summed E-state index contributed by atoms with van der Waals surface area (Å²) < 4.78 is 14.1. The lowest BCUT2D eigenvalue weighted by atomic mass is 9.97. The Labute approximate surface area is 126 Å². The quantitative estimate of drug-likeness (QED) is 0.891. The van der Waals surface area contributed by atoms with E-state index in [1.165, 1.54) is 12.1 Å². The predicted molar refractivity (Wildman–Crippen MR) is 79.2 cm³/mol. The van der Waals surface area contributed by atoms with Gasteiger partial charge in [0.25, 0.3) is 0 Å². The zero-order valence-corrected chi connectivity index (χ0v) is 12.1.